The van der Waals surface area contributed by atoms with Gasteiger partial charge in [-0.2, -0.15) is 8.42 Å². The van der Waals surface area contributed by atoms with E-state index in [1.165, 1.54) is 38.5 Å². The van der Waals surface area contributed by atoms with Crippen LogP contribution in [0.4, 0.5) is 0 Å². The topological polar surface area (TPSA) is 81.1 Å². The molecule has 2 saturated carbocycles. The Labute approximate surface area is 275 Å². The number of rotatable bonds is 9. The molecule has 0 N–H and O–H groups in total. The van der Waals surface area contributed by atoms with Gasteiger partial charge >= 0.3 is 0 Å². The number of piperazine rings is 1. The Morgan fingerprint density at radius 1 is 0.889 bits per heavy atom. The van der Waals surface area contributed by atoms with Crippen LogP contribution >= 0.6 is 12.4 Å². The van der Waals surface area contributed by atoms with Crippen LogP contribution in [-0.2, 0) is 20.8 Å². The molecule has 3 fully saturated rings. The number of methoxy groups -OCH3 is 1. The third-order valence-corrected chi connectivity index (χ3v) is 10.9. The van der Waals surface area contributed by atoms with Crippen molar-refractivity contribution in [1.82, 2.24) is 14.4 Å². The number of hydrogen-bond donors (Lipinski definition) is 0. The number of carbonyl (C=O) groups is 1. The number of fused-ring (bicyclic) bond motifs is 1. The SMILES string of the molecule is CCN1CCN(C(=O)c2cn(CC3CCCC3)c3c(OC)cccc23)CC1.Cc1ccc(S(=O)(=O)OCC2CCCC2)cc1.Cl. The molecule has 2 heterocycles. The summed E-state index contributed by atoms with van der Waals surface area (Å²) in [5.41, 5.74) is 2.94. The number of aryl methyl sites for hydroxylation is 1. The molecular weight excluding hydrogens is 610 g/mol. The van der Waals surface area contributed by atoms with Crippen LogP contribution in [0, 0.1) is 18.8 Å². The zero-order valence-electron chi connectivity index (χ0n) is 27.1. The number of likely N-dealkylation sites (N-methyl/N-ethyl adjacent to an activating group) is 1. The first-order valence-corrected chi connectivity index (χ1v) is 17.8. The average Bonchev–Trinajstić information content (AvgIpc) is 3.83. The highest BCUT2D eigenvalue weighted by molar-refractivity contribution is 7.86. The van der Waals surface area contributed by atoms with Crippen LogP contribution in [0.5, 0.6) is 5.75 Å². The average molecular weight is 660 g/mol. The van der Waals surface area contributed by atoms with Crippen molar-refractivity contribution in [3.05, 3.63) is 59.8 Å². The molecular formula is C35H50ClN3O5S. The van der Waals surface area contributed by atoms with Crippen molar-refractivity contribution in [2.24, 2.45) is 11.8 Å². The van der Waals surface area contributed by atoms with Crippen molar-refractivity contribution in [2.75, 3.05) is 46.4 Å². The van der Waals surface area contributed by atoms with E-state index in [1.54, 1.807) is 31.4 Å². The first kappa shape index (κ1) is 35.3. The molecule has 0 radical (unpaired) electrons. The van der Waals surface area contributed by atoms with Crippen molar-refractivity contribution in [3.8, 4) is 5.75 Å². The number of para-hydroxylation sites is 1. The molecule has 0 bridgehead atoms. The van der Waals surface area contributed by atoms with Gasteiger partial charge in [0.25, 0.3) is 16.0 Å². The van der Waals surface area contributed by atoms with Crippen LogP contribution in [0.3, 0.4) is 0 Å². The lowest BCUT2D eigenvalue weighted by Gasteiger charge is -2.34. The standard InChI is InChI=1S/C22H31N3O2.C13H18O3S.ClH/c1-3-23-11-13-24(14-12-23)22(26)19-16-25(15-17-7-4-5-8-17)21-18(19)9-6-10-20(21)27-2;1-11-6-8-13(9-7-11)17(14,15)16-10-12-4-2-3-5-12;/h6,9-10,16-17H,3-5,7-8,11-15H2,1-2H3;6-9,12H,2-5,10H2,1H3;1H. The van der Waals surface area contributed by atoms with Crippen LogP contribution in [0.1, 0.15) is 74.2 Å². The van der Waals surface area contributed by atoms with Crippen LogP contribution in [0.25, 0.3) is 10.9 Å². The van der Waals surface area contributed by atoms with Crippen molar-refractivity contribution >= 4 is 39.3 Å². The maximum absolute atomic E-state index is 13.3. The lowest BCUT2D eigenvalue weighted by molar-refractivity contribution is 0.0645. The summed E-state index contributed by atoms with van der Waals surface area (Å²) in [6, 6.07) is 12.8. The lowest BCUT2D eigenvalue weighted by atomic mass is 10.1. The van der Waals surface area contributed by atoms with Gasteiger partial charge in [-0.05, 0) is 69.2 Å². The third-order valence-electron chi connectivity index (χ3n) is 9.59. The Balaban J connectivity index is 0.000000222. The van der Waals surface area contributed by atoms with Gasteiger partial charge in [0.05, 0.1) is 29.7 Å². The van der Waals surface area contributed by atoms with Crippen molar-refractivity contribution in [1.29, 1.82) is 0 Å². The quantitative estimate of drug-likeness (QED) is 0.232. The minimum absolute atomic E-state index is 0. The molecule has 6 rings (SSSR count). The highest BCUT2D eigenvalue weighted by Crippen LogP contribution is 2.34. The molecule has 0 atom stereocenters. The zero-order valence-corrected chi connectivity index (χ0v) is 28.7. The predicted octanol–water partition coefficient (Wildman–Crippen LogP) is 6.93. The molecule has 1 saturated heterocycles. The van der Waals surface area contributed by atoms with Gasteiger partial charge in [0, 0.05) is 44.3 Å². The van der Waals surface area contributed by atoms with E-state index in [4.69, 9.17) is 8.92 Å². The minimum Gasteiger partial charge on any atom is -0.495 e. The molecule has 1 aliphatic heterocycles. The summed E-state index contributed by atoms with van der Waals surface area (Å²) in [6.45, 7) is 10.0. The minimum atomic E-state index is -3.56. The Bertz CT molecular complexity index is 1490. The summed E-state index contributed by atoms with van der Waals surface area (Å²) in [5, 5.41) is 1.02. The second kappa shape index (κ2) is 16.3. The monoisotopic (exact) mass is 659 g/mol. The fraction of sp³-hybridized carbons (Fsp3) is 0.571. The zero-order chi connectivity index (χ0) is 31.1. The number of halogens is 1. The predicted molar refractivity (Wildman–Crippen MR) is 182 cm³/mol. The maximum Gasteiger partial charge on any atom is 0.296 e. The van der Waals surface area contributed by atoms with Crippen molar-refractivity contribution < 1.29 is 22.1 Å². The molecule has 0 spiro atoms. The first-order chi connectivity index (χ1) is 21.3. The molecule has 3 aromatic rings. The van der Waals surface area contributed by atoms with E-state index in [-0.39, 0.29) is 23.2 Å². The molecule has 1 amide bonds. The van der Waals surface area contributed by atoms with Crippen LogP contribution in [0.2, 0.25) is 0 Å². The van der Waals surface area contributed by atoms with Gasteiger partial charge < -0.3 is 19.1 Å². The normalized spacial score (nSPS) is 18.1. The summed E-state index contributed by atoms with van der Waals surface area (Å²) < 4.78 is 36.8. The first-order valence-electron chi connectivity index (χ1n) is 16.4. The molecule has 0 unspecified atom stereocenters. The molecule has 2 aliphatic carbocycles. The smallest absolute Gasteiger partial charge is 0.296 e. The van der Waals surface area contributed by atoms with Gasteiger partial charge in [-0.1, -0.05) is 62.4 Å². The van der Waals surface area contributed by atoms with E-state index in [9.17, 15) is 13.2 Å². The molecule has 1 aromatic heterocycles. The van der Waals surface area contributed by atoms with Gasteiger partial charge in [0.1, 0.15) is 5.75 Å². The number of ether oxygens (including phenoxy) is 1. The highest BCUT2D eigenvalue weighted by atomic mass is 35.5. The fourth-order valence-corrected chi connectivity index (χ4v) is 7.83. The van der Waals surface area contributed by atoms with Gasteiger partial charge in [-0.25, -0.2) is 0 Å². The van der Waals surface area contributed by atoms with Crippen molar-refractivity contribution in [2.45, 2.75) is 76.7 Å². The largest absolute Gasteiger partial charge is 0.495 e. The lowest BCUT2D eigenvalue weighted by Crippen LogP contribution is -2.48. The Morgan fingerprint density at radius 3 is 2.11 bits per heavy atom. The van der Waals surface area contributed by atoms with Gasteiger partial charge in [0.2, 0.25) is 0 Å². The van der Waals surface area contributed by atoms with Gasteiger partial charge in [-0.3, -0.25) is 8.98 Å². The van der Waals surface area contributed by atoms with Crippen molar-refractivity contribution in [3.63, 3.8) is 0 Å². The number of hydrogen-bond acceptors (Lipinski definition) is 6. The number of benzene rings is 2. The number of carbonyl (C=O) groups excluding carboxylic acids is 1. The number of aromatic nitrogens is 1. The summed E-state index contributed by atoms with van der Waals surface area (Å²) >= 11 is 0. The van der Waals surface area contributed by atoms with Crippen LogP contribution in [-0.4, -0.2) is 75.1 Å². The number of nitrogens with zero attached hydrogens (tertiary/aromatic N) is 3. The maximum atomic E-state index is 13.3. The second-order valence-electron chi connectivity index (χ2n) is 12.6. The summed E-state index contributed by atoms with van der Waals surface area (Å²) in [6.07, 6.45) is 11.9. The Morgan fingerprint density at radius 2 is 1.51 bits per heavy atom. The second-order valence-corrected chi connectivity index (χ2v) is 14.2. The van der Waals surface area contributed by atoms with E-state index in [2.05, 4.69) is 28.7 Å². The Kier molecular flexibility index (Phi) is 12.8. The van der Waals surface area contributed by atoms with E-state index in [1.807, 2.05) is 24.0 Å². The van der Waals surface area contributed by atoms with E-state index >= 15 is 0 Å². The summed E-state index contributed by atoms with van der Waals surface area (Å²) in [7, 11) is -1.85. The van der Waals surface area contributed by atoms with E-state index in [0.29, 0.717) is 18.4 Å². The molecule has 3 aliphatic rings. The number of amides is 1. The molecule has 8 nitrogen and oxygen atoms in total. The fourth-order valence-electron chi connectivity index (χ4n) is 6.85. The van der Waals surface area contributed by atoms with Crippen LogP contribution in [0.15, 0.2) is 53.6 Å². The summed E-state index contributed by atoms with van der Waals surface area (Å²) in [5.74, 6) is 2.14. The molecule has 10 heteroatoms. The molecule has 2 aromatic carbocycles. The highest BCUT2D eigenvalue weighted by Gasteiger charge is 2.27. The van der Waals surface area contributed by atoms with Gasteiger partial charge in [-0.15, -0.1) is 12.4 Å². The summed E-state index contributed by atoms with van der Waals surface area (Å²) in [4.78, 5) is 18.0. The van der Waals surface area contributed by atoms with Gasteiger partial charge in [0.15, 0.2) is 0 Å². The van der Waals surface area contributed by atoms with E-state index < -0.39 is 10.1 Å². The molecule has 248 valence electrons. The molecule has 45 heavy (non-hydrogen) atoms. The van der Waals surface area contributed by atoms with Crippen LogP contribution < -0.4 is 4.74 Å². The third kappa shape index (κ3) is 8.82. The van der Waals surface area contributed by atoms with E-state index in [0.717, 1.165) is 79.9 Å². The Hall–Kier alpha value is -2.59.